The van der Waals surface area contributed by atoms with Gasteiger partial charge in [0.25, 0.3) is 0 Å². The van der Waals surface area contributed by atoms with E-state index in [4.69, 9.17) is 9.47 Å². The van der Waals surface area contributed by atoms with Gasteiger partial charge in [-0.15, -0.1) is 0 Å². The van der Waals surface area contributed by atoms with Gasteiger partial charge in [-0.1, -0.05) is 13.8 Å². The first-order valence-electron chi connectivity index (χ1n) is 6.37. The molecule has 104 valence electrons. The van der Waals surface area contributed by atoms with E-state index in [2.05, 4.69) is 35.6 Å². The van der Waals surface area contributed by atoms with Crippen LogP contribution in [-0.2, 0) is 9.47 Å². The van der Waals surface area contributed by atoms with Crippen LogP contribution in [0.25, 0.3) is 0 Å². The number of aromatic nitrogens is 2. The smallest absolute Gasteiger partial charge is 0.203 e. The van der Waals surface area contributed by atoms with Gasteiger partial charge in [-0.25, -0.2) is 4.98 Å². The fourth-order valence-corrected chi connectivity index (χ4v) is 1.97. The summed E-state index contributed by atoms with van der Waals surface area (Å²) in [5.41, 5.74) is 0. The molecule has 1 rings (SSSR count). The monoisotopic (exact) mass is 255 g/mol. The Balaban J connectivity index is 2.79. The number of hydrogen-bond donors (Lipinski definition) is 1. The summed E-state index contributed by atoms with van der Waals surface area (Å²) < 4.78 is 12.6. The largest absolute Gasteiger partial charge is 0.383 e. The Morgan fingerprint density at radius 3 is 2.44 bits per heavy atom. The van der Waals surface area contributed by atoms with Crippen LogP contribution in [-0.4, -0.2) is 43.0 Å². The van der Waals surface area contributed by atoms with Gasteiger partial charge in [-0.05, 0) is 12.8 Å². The highest BCUT2D eigenvalue weighted by molar-refractivity contribution is 5.28. The average Bonchev–Trinajstić information content (AvgIpc) is 2.73. The Morgan fingerprint density at radius 1 is 1.22 bits per heavy atom. The van der Waals surface area contributed by atoms with Crippen LogP contribution in [0.3, 0.4) is 0 Å². The zero-order chi connectivity index (χ0) is 13.5. The Kier molecular flexibility index (Phi) is 6.15. The second kappa shape index (κ2) is 7.38. The van der Waals surface area contributed by atoms with Crippen molar-refractivity contribution in [2.45, 2.75) is 32.9 Å². The number of ether oxygens (including phenoxy) is 2. The van der Waals surface area contributed by atoms with Gasteiger partial charge < -0.3 is 19.4 Å². The molecule has 0 saturated heterocycles. The van der Waals surface area contributed by atoms with Gasteiger partial charge in [0.1, 0.15) is 0 Å². The third-order valence-corrected chi connectivity index (χ3v) is 2.93. The maximum absolute atomic E-state index is 5.30. The van der Waals surface area contributed by atoms with Crippen LogP contribution < -0.4 is 5.32 Å². The zero-order valence-electron chi connectivity index (χ0n) is 12.0. The highest BCUT2D eigenvalue weighted by Gasteiger charge is 2.19. The second-order valence-corrected chi connectivity index (χ2v) is 4.93. The zero-order valence-corrected chi connectivity index (χ0v) is 12.0. The topological polar surface area (TPSA) is 48.3 Å². The maximum atomic E-state index is 5.30. The molecule has 1 aromatic heterocycles. The minimum Gasteiger partial charge on any atom is -0.383 e. The predicted octanol–water partition coefficient (Wildman–Crippen LogP) is 2.17. The molecule has 18 heavy (non-hydrogen) atoms. The van der Waals surface area contributed by atoms with E-state index in [1.165, 1.54) is 0 Å². The van der Waals surface area contributed by atoms with Crippen molar-refractivity contribution in [3.05, 3.63) is 12.4 Å². The van der Waals surface area contributed by atoms with Crippen LogP contribution in [0, 0.1) is 5.92 Å². The minimum absolute atomic E-state index is 0.228. The quantitative estimate of drug-likeness (QED) is 0.773. The van der Waals surface area contributed by atoms with Gasteiger partial charge in [0.2, 0.25) is 5.95 Å². The van der Waals surface area contributed by atoms with E-state index in [0.29, 0.717) is 19.1 Å². The first-order valence-corrected chi connectivity index (χ1v) is 6.37. The van der Waals surface area contributed by atoms with E-state index < -0.39 is 0 Å². The molecule has 0 bridgehead atoms. The average molecular weight is 255 g/mol. The number of anilines is 1. The molecule has 0 saturated carbocycles. The highest BCUT2D eigenvalue weighted by atomic mass is 16.5. The fraction of sp³-hybridized carbons (Fsp3) is 0.769. The van der Waals surface area contributed by atoms with Gasteiger partial charge in [0.15, 0.2) is 0 Å². The van der Waals surface area contributed by atoms with Crippen molar-refractivity contribution in [1.29, 1.82) is 0 Å². The van der Waals surface area contributed by atoms with Crippen molar-refractivity contribution in [3.63, 3.8) is 0 Å². The molecule has 0 aliphatic rings. The molecule has 1 heterocycles. The number of methoxy groups -OCH3 is 2. The molecule has 0 aromatic carbocycles. The Bertz CT molecular complexity index is 339. The molecule has 0 amide bonds. The summed E-state index contributed by atoms with van der Waals surface area (Å²) in [6.07, 6.45) is 3.80. The predicted molar refractivity (Wildman–Crippen MR) is 72.9 cm³/mol. The normalized spacial score (nSPS) is 14.8. The number of imidazole rings is 1. The molecule has 0 fully saturated rings. The number of nitrogens with zero attached hydrogens (tertiary/aromatic N) is 2. The van der Waals surface area contributed by atoms with Crippen molar-refractivity contribution in [1.82, 2.24) is 9.55 Å². The minimum atomic E-state index is 0.228. The third-order valence-electron chi connectivity index (χ3n) is 2.93. The first-order chi connectivity index (χ1) is 8.60. The molecule has 2 atom stereocenters. The lowest BCUT2D eigenvalue weighted by atomic mass is 10.1. The van der Waals surface area contributed by atoms with Gasteiger partial charge in [-0.3, -0.25) is 0 Å². The molecule has 0 aliphatic carbocycles. The molecule has 5 heteroatoms. The van der Waals surface area contributed by atoms with E-state index in [-0.39, 0.29) is 12.1 Å². The Hall–Kier alpha value is -1.07. The molecule has 0 aliphatic heterocycles. The second-order valence-electron chi connectivity index (χ2n) is 4.93. The molecule has 0 radical (unpaired) electrons. The Labute approximate surface area is 109 Å². The lowest BCUT2D eigenvalue weighted by molar-refractivity contribution is 0.134. The molecule has 1 aromatic rings. The fourth-order valence-electron chi connectivity index (χ4n) is 1.97. The van der Waals surface area contributed by atoms with Gasteiger partial charge in [-0.2, -0.15) is 0 Å². The summed E-state index contributed by atoms with van der Waals surface area (Å²) in [4.78, 5) is 4.36. The van der Waals surface area contributed by atoms with Crippen molar-refractivity contribution in [3.8, 4) is 0 Å². The van der Waals surface area contributed by atoms with Crippen molar-refractivity contribution in [2.24, 2.45) is 5.92 Å². The maximum Gasteiger partial charge on any atom is 0.203 e. The van der Waals surface area contributed by atoms with Crippen LogP contribution in [0.2, 0.25) is 0 Å². The van der Waals surface area contributed by atoms with Gasteiger partial charge in [0, 0.05) is 32.7 Å². The summed E-state index contributed by atoms with van der Waals surface area (Å²) in [7, 11) is 3.43. The SMILES string of the molecule is COCC(C)Nc1nccn1C(COC)C(C)C. The standard InChI is InChI=1S/C13H25N3O2/c1-10(2)12(9-18-5)16-7-6-14-13(16)15-11(3)8-17-4/h6-7,10-12H,8-9H2,1-5H3,(H,14,15). The van der Waals surface area contributed by atoms with Crippen LogP contribution in [0.4, 0.5) is 5.95 Å². The lowest BCUT2D eigenvalue weighted by Crippen LogP contribution is -2.26. The first kappa shape index (κ1) is 15.0. The summed E-state index contributed by atoms with van der Waals surface area (Å²) in [6, 6.07) is 0.515. The van der Waals surface area contributed by atoms with E-state index in [9.17, 15) is 0 Å². The van der Waals surface area contributed by atoms with Crippen LogP contribution in [0.15, 0.2) is 12.4 Å². The van der Waals surface area contributed by atoms with Crippen molar-refractivity contribution < 1.29 is 9.47 Å². The molecule has 5 nitrogen and oxygen atoms in total. The van der Waals surface area contributed by atoms with E-state index >= 15 is 0 Å². The lowest BCUT2D eigenvalue weighted by Gasteiger charge is -2.25. The van der Waals surface area contributed by atoms with Crippen molar-refractivity contribution in [2.75, 3.05) is 32.8 Å². The Morgan fingerprint density at radius 2 is 1.89 bits per heavy atom. The molecule has 0 spiro atoms. The number of nitrogens with one attached hydrogen (secondary N) is 1. The van der Waals surface area contributed by atoms with E-state index in [1.54, 1.807) is 14.2 Å². The van der Waals surface area contributed by atoms with Crippen LogP contribution >= 0.6 is 0 Å². The van der Waals surface area contributed by atoms with Gasteiger partial charge in [0.05, 0.1) is 19.3 Å². The summed E-state index contributed by atoms with van der Waals surface area (Å²) >= 11 is 0. The van der Waals surface area contributed by atoms with E-state index in [1.807, 2.05) is 12.4 Å². The summed E-state index contributed by atoms with van der Waals surface area (Å²) in [5, 5.41) is 3.36. The van der Waals surface area contributed by atoms with E-state index in [0.717, 1.165) is 5.95 Å². The molecule has 1 N–H and O–H groups in total. The highest BCUT2D eigenvalue weighted by Crippen LogP contribution is 2.22. The molecular weight excluding hydrogens is 230 g/mol. The van der Waals surface area contributed by atoms with Gasteiger partial charge >= 0.3 is 0 Å². The number of rotatable bonds is 8. The number of hydrogen-bond acceptors (Lipinski definition) is 4. The van der Waals surface area contributed by atoms with Crippen molar-refractivity contribution >= 4 is 5.95 Å². The molecule has 2 unspecified atom stereocenters. The van der Waals surface area contributed by atoms with Crippen LogP contribution in [0.1, 0.15) is 26.8 Å². The summed E-state index contributed by atoms with van der Waals surface area (Å²) in [6.45, 7) is 7.78. The third kappa shape index (κ3) is 3.99. The van der Waals surface area contributed by atoms with Crippen LogP contribution in [0.5, 0.6) is 0 Å². The summed E-state index contributed by atoms with van der Waals surface area (Å²) in [5.74, 6) is 1.35. The molecular formula is C13H25N3O2.